The molecule has 1 aromatic carbocycles. The van der Waals surface area contributed by atoms with Crippen molar-refractivity contribution in [1.82, 2.24) is 15.0 Å². The number of H-pyrrole nitrogens is 1. The molecule has 0 aliphatic carbocycles. The van der Waals surface area contributed by atoms with E-state index >= 15 is 0 Å². The standard InChI is InChI=1S/C19H14F2N4/c20-14-4-12(5-15(21)6-14)8-23-16-7-17-18(11-25-19(17)24-10-16)13-2-1-3-22-9-13/h1-7,9-11,23H,8H2,(H,24,25). The summed E-state index contributed by atoms with van der Waals surface area (Å²) >= 11 is 0. The van der Waals surface area contributed by atoms with Gasteiger partial charge in [0.2, 0.25) is 0 Å². The third kappa shape index (κ3) is 3.19. The number of pyridine rings is 2. The van der Waals surface area contributed by atoms with Crippen molar-refractivity contribution in [2.24, 2.45) is 0 Å². The van der Waals surface area contributed by atoms with Gasteiger partial charge in [-0.3, -0.25) is 4.98 Å². The summed E-state index contributed by atoms with van der Waals surface area (Å²) in [5.41, 5.74) is 4.04. The van der Waals surface area contributed by atoms with Crippen LogP contribution in [0.3, 0.4) is 0 Å². The Morgan fingerprint density at radius 2 is 1.88 bits per heavy atom. The maximum Gasteiger partial charge on any atom is 0.138 e. The Morgan fingerprint density at radius 1 is 1.04 bits per heavy atom. The van der Waals surface area contributed by atoms with Crippen LogP contribution < -0.4 is 5.32 Å². The fraction of sp³-hybridized carbons (Fsp3) is 0.0526. The Labute approximate surface area is 142 Å². The second-order valence-electron chi connectivity index (χ2n) is 5.70. The number of halogens is 2. The van der Waals surface area contributed by atoms with Gasteiger partial charge in [-0.25, -0.2) is 13.8 Å². The van der Waals surface area contributed by atoms with Crippen LogP contribution in [0.2, 0.25) is 0 Å². The Bertz CT molecular complexity index is 1010. The number of benzene rings is 1. The summed E-state index contributed by atoms with van der Waals surface area (Å²) in [5.74, 6) is -1.18. The summed E-state index contributed by atoms with van der Waals surface area (Å²) in [4.78, 5) is 11.7. The third-order valence-corrected chi connectivity index (χ3v) is 3.92. The molecule has 0 aliphatic heterocycles. The lowest BCUT2D eigenvalue weighted by molar-refractivity contribution is 0.580. The van der Waals surface area contributed by atoms with Gasteiger partial charge in [0.25, 0.3) is 0 Å². The van der Waals surface area contributed by atoms with Crippen LogP contribution in [0.25, 0.3) is 22.2 Å². The summed E-state index contributed by atoms with van der Waals surface area (Å²) in [6, 6.07) is 9.28. The number of aromatic nitrogens is 3. The van der Waals surface area contributed by atoms with Gasteiger partial charge in [0.15, 0.2) is 0 Å². The fourth-order valence-electron chi connectivity index (χ4n) is 2.78. The largest absolute Gasteiger partial charge is 0.380 e. The van der Waals surface area contributed by atoms with Gasteiger partial charge < -0.3 is 10.3 Å². The molecule has 0 radical (unpaired) electrons. The Hall–Kier alpha value is -3.28. The molecule has 3 heterocycles. The lowest BCUT2D eigenvalue weighted by Crippen LogP contribution is -2.01. The number of rotatable bonds is 4. The van der Waals surface area contributed by atoms with E-state index in [1.807, 2.05) is 24.4 Å². The minimum atomic E-state index is -0.588. The molecular formula is C19H14F2N4. The van der Waals surface area contributed by atoms with Crippen molar-refractivity contribution in [3.63, 3.8) is 0 Å². The van der Waals surface area contributed by atoms with Crippen molar-refractivity contribution in [3.05, 3.63) is 78.4 Å². The minimum Gasteiger partial charge on any atom is -0.380 e. The number of fused-ring (bicyclic) bond motifs is 1. The third-order valence-electron chi connectivity index (χ3n) is 3.92. The molecule has 0 unspecified atom stereocenters. The normalized spacial score (nSPS) is 11.0. The van der Waals surface area contributed by atoms with Gasteiger partial charge in [-0.05, 0) is 29.8 Å². The van der Waals surface area contributed by atoms with E-state index in [0.717, 1.165) is 33.9 Å². The average molecular weight is 336 g/mol. The Kier molecular flexibility index (Phi) is 3.85. The topological polar surface area (TPSA) is 53.6 Å². The molecule has 0 amide bonds. The van der Waals surface area contributed by atoms with Gasteiger partial charge in [0.1, 0.15) is 17.3 Å². The van der Waals surface area contributed by atoms with Crippen LogP contribution in [0, 0.1) is 11.6 Å². The molecule has 124 valence electrons. The molecule has 4 rings (SSSR count). The van der Waals surface area contributed by atoms with Crippen molar-refractivity contribution in [3.8, 4) is 11.1 Å². The molecule has 0 saturated carbocycles. The molecule has 2 N–H and O–H groups in total. The van der Waals surface area contributed by atoms with E-state index < -0.39 is 11.6 Å². The number of hydrogen-bond acceptors (Lipinski definition) is 3. The lowest BCUT2D eigenvalue weighted by Gasteiger charge is -2.07. The van der Waals surface area contributed by atoms with Crippen LogP contribution in [-0.2, 0) is 6.54 Å². The minimum absolute atomic E-state index is 0.300. The highest BCUT2D eigenvalue weighted by molar-refractivity contribution is 5.94. The van der Waals surface area contributed by atoms with E-state index in [0.29, 0.717) is 12.1 Å². The summed E-state index contributed by atoms with van der Waals surface area (Å²) in [6.45, 7) is 0.300. The van der Waals surface area contributed by atoms with Crippen molar-refractivity contribution >= 4 is 16.7 Å². The Morgan fingerprint density at radius 3 is 2.64 bits per heavy atom. The van der Waals surface area contributed by atoms with Gasteiger partial charge in [-0.15, -0.1) is 0 Å². The highest BCUT2D eigenvalue weighted by Crippen LogP contribution is 2.28. The van der Waals surface area contributed by atoms with Crippen LogP contribution in [0.4, 0.5) is 14.5 Å². The smallest absolute Gasteiger partial charge is 0.138 e. The second-order valence-corrected chi connectivity index (χ2v) is 5.70. The maximum atomic E-state index is 13.3. The monoisotopic (exact) mass is 336 g/mol. The quantitative estimate of drug-likeness (QED) is 0.576. The molecule has 0 spiro atoms. The maximum absolute atomic E-state index is 13.3. The van der Waals surface area contributed by atoms with Crippen molar-refractivity contribution in [1.29, 1.82) is 0 Å². The predicted octanol–water partition coefficient (Wildman–Crippen LogP) is 4.52. The van der Waals surface area contributed by atoms with Gasteiger partial charge in [0.05, 0.1) is 11.9 Å². The Balaban J connectivity index is 1.62. The molecule has 0 aliphatic rings. The van der Waals surface area contributed by atoms with Crippen LogP contribution in [0.1, 0.15) is 5.56 Å². The van der Waals surface area contributed by atoms with E-state index in [1.165, 1.54) is 12.1 Å². The number of nitrogens with zero attached hydrogens (tertiary/aromatic N) is 2. The fourth-order valence-corrected chi connectivity index (χ4v) is 2.78. The van der Waals surface area contributed by atoms with E-state index in [9.17, 15) is 8.78 Å². The zero-order valence-electron chi connectivity index (χ0n) is 13.1. The van der Waals surface area contributed by atoms with Gasteiger partial charge in [-0.2, -0.15) is 0 Å². The summed E-state index contributed by atoms with van der Waals surface area (Å²) < 4.78 is 26.5. The molecule has 0 bridgehead atoms. The molecule has 0 saturated heterocycles. The molecule has 4 nitrogen and oxygen atoms in total. The molecular weight excluding hydrogens is 322 g/mol. The van der Waals surface area contributed by atoms with E-state index in [4.69, 9.17) is 0 Å². The summed E-state index contributed by atoms with van der Waals surface area (Å²) in [7, 11) is 0. The molecule has 0 atom stereocenters. The summed E-state index contributed by atoms with van der Waals surface area (Å²) in [6.07, 6.45) is 7.09. The zero-order chi connectivity index (χ0) is 17.2. The lowest BCUT2D eigenvalue weighted by atomic mass is 10.1. The highest BCUT2D eigenvalue weighted by atomic mass is 19.1. The zero-order valence-corrected chi connectivity index (χ0v) is 13.1. The first-order valence-electron chi connectivity index (χ1n) is 7.75. The van der Waals surface area contributed by atoms with Crippen LogP contribution in [0.15, 0.2) is 61.2 Å². The predicted molar refractivity (Wildman–Crippen MR) is 93.0 cm³/mol. The second kappa shape index (κ2) is 6.32. The van der Waals surface area contributed by atoms with Crippen LogP contribution in [-0.4, -0.2) is 15.0 Å². The first-order chi connectivity index (χ1) is 12.2. The molecule has 4 aromatic rings. The van der Waals surface area contributed by atoms with Crippen LogP contribution >= 0.6 is 0 Å². The number of aromatic amines is 1. The molecule has 6 heteroatoms. The van der Waals surface area contributed by atoms with Gasteiger partial charge in [-0.1, -0.05) is 6.07 Å². The number of nitrogens with one attached hydrogen (secondary N) is 2. The molecule has 0 fully saturated rings. The van der Waals surface area contributed by atoms with Crippen molar-refractivity contribution in [2.45, 2.75) is 6.54 Å². The van der Waals surface area contributed by atoms with Gasteiger partial charge in [0, 0.05) is 47.7 Å². The average Bonchev–Trinajstić information content (AvgIpc) is 3.03. The van der Waals surface area contributed by atoms with Gasteiger partial charge >= 0.3 is 0 Å². The van der Waals surface area contributed by atoms with E-state index in [1.54, 1.807) is 18.6 Å². The SMILES string of the molecule is Fc1cc(F)cc(CNc2cnc3[nH]cc(-c4cccnc4)c3c2)c1. The summed E-state index contributed by atoms with van der Waals surface area (Å²) in [5, 5.41) is 4.10. The van der Waals surface area contributed by atoms with Crippen molar-refractivity contribution in [2.75, 3.05) is 5.32 Å². The first-order valence-corrected chi connectivity index (χ1v) is 7.75. The van der Waals surface area contributed by atoms with Crippen LogP contribution in [0.5, 0.6) is 0 Å². The van der Waals surface area contributed by atoms with Crippen molar-refractivity contribution < 1.29 is 8.78 Å². The number of hydrogen-bond donors (Lipinski definition) is 2. The van der Waals surface area contributed by atoms with E-state index in [-0.39, 0.29) is 0 Å². The highest BCUT2D eigenvalue weighted by Gasteiger charge is 2.08. The molecule has 3 aromatic heterocycles. The van der Waals surface area contributed by atoms with E-state index in [2.05, 4.69) is 20.3 Å². The number of anilines is 1. The molecule has 25 heavy (non-hydrogen) atoms. The first kappa shape index (κ1) is 15.3.